The largest absolute Gasteiger partial charge is 0.392 e. The van der Waals surface area contributed by atoms with Crippen LogP contribution in [-0.4, -0.2) is 39.8 Å². The zero-order chi connectivity index (χ0) is 10.7. The van der Waals surface area contributed by atoms with E-state index in [-0.39, 0.29) is 11.2 Å². The van der Waals surface area contributed by atoms with Crippen molar-refractivity contribution >= 4 is 23.5 Å². The molecule has 1 rings (SSSR count). The Bertz CT molecular complexity index is 299. The second kappa shape index (κ2) is 4.39. The Hall–Kier alpha value is -1.14. The van der Waals surface area contributed by atoms with Gasteiger partial charge in [0, 0.05) is 13.6 Å². The van der Waals surface area contributed by atoms with E-state index in [1.54, 1.807) is 18.9 Å². The lowest BCUT2D eigenvalue weighted by molar-refractivity contribution is 0.201. The molecule has 0 aliphatic heterocycles. The highest BCUT2D eigenvalue weighted by Gasteiger charge is 2.09. The van der Waals surface area contributed by atoms with Crippen LogP contribution < -0.4 is 10.6 Å². The fourth-order valence-electron chi connectivity index (χ4n) is 1.00. The molecule has 0 radical (unpaired) electrons. The first kappa shape index (κ1) is 10.9. The van der Waals surface area contributed by atoms with Crippen LogP contribution in [0.25, 0.3) is 0 Å². The third-order valence-corrected chi connectivity index (χ3v) is 1.66. The first-order valence-electron chi connectivity index (χ1n) is 4.05. The Morgan fingerprint density at radius 3 is 2.64 bits per heavy atom. The van der Waals surface area contributed by atoms with Crippen LogP contribution >= 0.6 is 11.6 Å². The van der Waals surface area contributed by atoms with Gasteiger partial charge >= 0.3 is 0 Å². The van der Waals surface area contributed by atoms with Crippen molar-refractivity contribution in [1.29, 1.82) is 0 Å². The molecule has 3 N–H and O–H groups in total. The molecule has 0 saturated carbocycles. The Morgan fingerprint density at radius 2 is 2.14 bits per heavy atom. The number of anilines is 2. The topological polar surface area (TPSA) is 88.2 Å². The fourth-order valence-corrected chi connectivity index (χ4v) is 1.17. The molecule has 0 saturated heterocycles. The maximum Gasteiger partial charge on any atom is 0.231 e. The summed E-state index contributed by atoms with van der Waals surface area (Å²) >= 11 is 5.60. The zero-order valence-corrected chi connectivity index (χ0v) is 8.73. The summed E-state index contributed by atoms with van der Waals surface area (Å²) in [6.45, 7) is 2.07. The van der Waals surface area contributed by atoms with Crippen LogP contribution in [0.15, 0.2) is 0 Å². The molecule has 0 bridgehead atoms. The predicted molar refractivity (Wildman–Crippen MR) is 54.2 cm³/mol. The molecule has 0 fully saturated rings. The van der Waals surface area contributed by atoms with Crippen molar-refractivity contribution in [2.75, 3.05) is 24.2 Å². The smallest absolute Gasteiger partial charge is 0.231 e. The monoisotopic (exact) mass is 217 g/mol. The average Bonchev–Trinajstić information content (AvgIpc) is 2.00. The minimum atomic E-state index is -0.475. The zero-order valence-electron chi connectivity index (χ0n) is 7.98. The molecule has 0 spiro atoms. The van der Waals surface area contributed by atoms with E-state index in [4.69, 9.17) is 22.4 Å². The van der Waals surface area contributed by atoms with Gasteiger partial charge in [0.05, 0.1) is 6.10 Å². The lowest BCUT2D eigenvalue weighted by atomic mass is 10.4. The summed E-state index contributed by atoms with van der Waals surface area (Å²) in [5.74, 6) is 0.417. The normalized spacial score (nSPS) is 12.6. The van der Waals surface area contributed by atoms with E-state index in [1.807, 2.05) is 0 Å². The molecule has 1 aromatic rings. The maximum atomic E-state index is 9.15. The molecule has 0 amide bonds. The summed E-state index contributed by atoms with van der Waals surface area (Å²) in [6, 6.07) is 0. The van der Waals surface area contributed by atoms with Crippen molar-refractivity contribution in [2.45, 2.75) is 13.0 Å². The molecule has 7 heteroatoms. The minimum absolute atomic E-state index is 0.0462. The van der Waals surface area contributed by atoms with Crippen LogP contribution in [0.1, 0.15) is 6.92 Å². The Kier molecular flexibility index (Phi) is 3.43. The second-order valence-corrected chi connectivity index (χ2v) is 3.33. The van der Waals surface area contributed by atoms with E-state index in [0.717, 1.165) is 0 Å². The van der Waals surface area contributed by atoms with Gasteiger partial charge in [-0.05, 0) is 18.5 Å². The van der Waals surface area contributed by atoms with Gasteiger partial charge in [0.25, 0.3) is 0 Å². The molecule has 14 heavy (non-hydrogen) atoms. The maximum absolute atomic E-state index is 9.15. The van der Waals surface area contributed by atoms with Crippen LogP contribution in [0.4, 0.5) is 11.9 Å². The highest BCUT2D eigenvalue weighted by molar-refractivity contribution is 6.28. The van der Waals surface area contributed by atoms with Gasteiger partial charge in [0.1, 0.15) is 0 Å². The van der Waals surface area contributed by atoms with Crippen LogP contribution in [0.5, 0.6) is 0 Å². The second-order valence-electron chi connectivity index (χ2n) is 2.99. The summed E-state index contributed by atoms with van der Waals surface area (Å²) in [7, 11) is 1.73. The molecule has 6 nitrogen and oxygen atoms in total. The molecule has 0 aliphatic rings. The summed E-state index contributed by atoms with van der Waals surface area (Å²) in [6.07, 6.45) is -0.475. The molecule has 1 atom stereocenters. The van der Waals surface area contributed by atoms with Crippen molar-refractivity contribution in [3.8, 4) is 0 Å². The van der Waals surface area contributed by atoms with Crippen molar-refractivity contribution in [1.82, 2.24) is 15.0 Å². The van der Waals surface area contributed by atoms with Crippen LogP contribution in [-0.2, 0) is 0 Å². The summed E-state index contributed by atoms with van der Waals surface area (Å²) in [5.41, 5.74) is 5.39. The quantitative estimate of drug-likeness (QED) is 0.737. The number of aliphatic hydroxyl groups excluding tert-OH is 1. The highest BCUT2D eigenvalue weighted by atomic mass is 35.5. The Labute approximate surface area is 86.7 Å². The van der Waals surface area contributed by atoms with E-state index >= 15 is 0 Å². The van der Waals surface area contributed by atoms with Crippen molar-refractivity contribution < 1.29 is 5.11 Å². The number of hydrogen-bond acceptors (Lipinski definition) is 6. The van der Waals surface area contributed by atoms with Gasteiger partial charge in [-0.1, -0.05) is 0 Å². The van der Waals surface area contributed by atoms with Gasteiger partial charge in [-0.2, -0.15) is 15.0 Å². The number of nitrogens with zero attached hydrogens (tertiary/aromatic N) is 4. The third-order valence-electron chi connectivity index (χ3n) is 1.49. The fraction of sp³-hybridized carbons (Fsp3) is 0.571. The average molecular weight is 218 g/mol. The lowest BCUT2D eigenvalue weighted by Crippen LogP contribution is -2.28. The number of rotatable bonds is 3. The number of halogens is 1. The molecule has 1 heterocycles. The van der Waals surface area contributed by atoms with E-state index in [0.29, 0.717) is 12.5 Å². The summed E-state index contributed by atoms with van der Waals surface area (Å²) in [4.78, 5) is 13.0. The van der Waals surface area contributed by atoms with E-state index in [2.05, 4.69) is 15.0 Å². The molecule has 1 aromatic heterocycles. The number of hydrogen-bond donors (Lipinski definition) is 2. The number of likely N-dealkylation sites (N-methyl/N-ethyl adjacent to an activating group) is 1. The van der Waals surface area contributed by atoms with Crippen LogP contribution in [0, 0.1) is 0 Å². The molecule has 1 unspecified atom stereocenters. The Morgan fingerprint density at radius 1 is 1.50 bits per heavy atom. The number of nitrogens with two attached hydrogens (primary N) is 1. The Balaban J connectivity index is 2.84. The molecule has 78 valence electrons. The van der Waals surface area contributed by atoms with Crippen LogP contribution in [0.3, 0.4) is 0 Å². The lowest BCUT2D eigenvalue weighted by Gasteiger charge is -2.18. The molecule has 0 aromatic carbocycles. The van der Waals surface area contributed by atoms with Crippen molar-refractivity contribution in [3.63, 3.8) is 0 Å². The molecular weight excluding hydrogens is 206 g/mol. The third kappa shape index (κ3) is 2.97. The van der Waals surface area contributed by atoms with Gasteiger partial charge in [0.2, 0.25) is 17.2 Å². The minimum Gasteiger partial charge on any atom is -0.392 e. The van der Waals surface area contributed by atoms with E-state index in [9.17, 15) is 0 Å². The summed E-state index contributed by atoms with van der Waals surface area (Å²) < 4.78 is 0. The molecule has 0 aliphatic carbocycles. The number of aliphatic hydroxyl groups is 1. The predicted octanol–water partition coefficient (Wildman–Crippen LogP) is -0.0758. The van der Waals surface area contributed by atoms with Gasteiger partial charge in [0.15, 0.2) is 0 Å². The van der Waals surface area contributed by atoms with E-state index in [1.165, 1.54) is 0 Å². The number of nitrogen functional groups attached to an aromatic ring is 1. The van der Waals surface area contributed by atoms with Crippen LogP contribution in [0.2, 0.25) is 5.28 Å². The highest BCUT2D eigenvalue weighted by Crippen LogP contribution is 2.10. The summed E-state index contributed by atoms with van der Waals surface area (Å²) in [5, 5.41) is 9.19. The van der Waals surface area contributed by atoms with E-state index < -0.39 is 6.10 Å². The van der Waals surface area contributed by atoms with Crippen molar-refractivity contribution in [3.05, 3.63) is 5.28 Å². The standard InChI is InChI=1S/C7H12ClN5O/c1-4(14)3-13(2)7-11-5(8)10-6(9)12-7/h4,14H,3H2,1-2H3,(H2,9,10,11,12). The van der Waals surface area contributed by atoms with Crippen molar-refractivity contribution in [2.24, 2.45) is 0 Å². The first-order valence-corrected chi connectivity index (χ1v) is 4.43. The SMILES string of the molecule is CC(O)CN(C)c1nc(N)nc(Cl)n1. The van der Waals surface area contributed by atoms with Gasteiger partial charge in [-0.3, -0.25) is 0 Å². The van der Waals surface area contributed by atoms with Gasteiger partial charge in [-0.15, -0.1) is 0 Å². The first-order chi connectivity index (χ1) is 6.49. The van der Waals surface area contributed by atoms with Gasteiger partial charge < -0.3 is 15.7 Å². The molecular formula is C7H12ClN5O. The van der Waals surface area contributed by atoms with Gasteiger partial charge in [-0.25, -0.2) is 0 Å². The number of aromatic nitrogens is 3.